The molecule has 0 spiro atoms. The van der Waals surface area contributed by atoms with E-state index >= 15 is 0 Å². The molecule has 3 heteroatoms. The van der Waals surface area contributed by atoms with Crippen molar-refractivity contribution < 1.29 is 18.9 Å². The Kier molecular flexibility index (Phi) is 21.5. The van der Waals surface area contributed by atoms with Crippen molar-refractivity contribution in [2.24, 2.45) is 0 Å². The van der Waals surface area contributed by atoms with Crippen molar-refractivity contribution in [3.63, 3.8) is 0 Å². The zero-order valence-corrected chi connectivity index (χ0v) is 9.89. The second-order valence-corrected chi connectivity index (χ2v) is 3.18. The van der Waals surface area contributed by atoms with Crippen LogP contribution in [-0.4, -0.2) is 51.1 Å². The molecule has 0 unspecified atom stereocenters. The topological polar surface area (TPSA) is 6.48 Å². The molecule has 0 aliphatic heterocycles. The molecular weight excluding hydrogens is 143 g/mol. The van der Waals surface area contributed by atoms with Crippen LogP contribution in [0, 0.1) is 6.42 Å². The Morgan fingerprint density at radius 2 is 1.00 bits per heavy atom. The number of hydrogen-bond acceptors (Lipinski definition) is 2. The van der Waals surface area contributed by atoms with Gasteiger partial charge >= 0.3 is 18.9 Å². The van der Waals surface area contributed by atoms with E-state index in [1.54, 1.807) is 0 Å². The van der Waals surface area contributed by atoms with Gasteiger partial charge in [0.05, 0.1) is 0 Å². The molecule has 0 aromatic rings. The minimum absolute atomic E-state index is 0. The molecular formula is C9H23LiN2. The van der Waals surface area contributed by atoms with Crippen molar-refractivity contribution in [2.45, 2.75) is 13.8 Å². The van der Waals surface area contributed by atoms with Crippen molar-refractivity contribution in [1.29, 1.82) is 0 Å². The SMILES string of the molecule is CN(C)CCN(C)C.C[CH-]C.[Li+]. The molecule has 0 bridgehead atoms. The van der Waals surface area contributed by atoms with Gasteiger partial charge in [-0.15, -0.1) is 0 Å². The monoisotopic (exact) mass is 166 g/mol. The third-order valence-corrected chi connectivity index (χ3v) is 0.994. The molecule has 0 amide bonds. The van der Waals surface area contributed by atoms with Crippen LogP contribution in [0.25, 0.3) is 0 Å². The minimum atomic E-state index is 0. The molecule has 12 heavy (non-hydrogen) atoms. The average molecular weight is 166 g/mol. The molecule has 0 aromatic heterocycles. The van der Waals surface area contributed by atoms with E-state index in [1.807, 2.05) is 20.3 Å². The maximum absolute atomic E-state index is 2.18. The summed E-state index contributed by atoms with van der Waals surface area (Å²) in [6.45, 7) is 6.29. The van der Waals surface area contributed by atoms with Crippen LogP contribution in [0.2, 0.25) is 0 Å². The van der Waals surface area contributed by atoms with Gasteiger partial charge in [0.1, 0.15) is 0 Å². The van der Waals surface area contributed by atoms with Crippen molar-refractivity contribution in [2.75, 3.05) is 41.3 Å². The van der Waals surface area contributed by atoms with E-state index in [2.05, 4.69) is 38.0 Å². The van der Waals surface area contributed by atoms with Gasteiger partial charge in [-0.1, -0.05) is 0 Å². The van der Waals surface area contributed by atoms with Gasteiger partial charge in [-0.2, -0.15) is 13.8 Å². The largest absolute Gasteiger partial charge is 1.00 e. The molecule has 2 nitrogen and oxygen atoms in total. The summed E-state index contributed by atoms with van der Waals surface area (Å²) in [6, 6.07) is 0. The summed E-state index contributed by atoms with van der Waals surface area (Å²) in [5, 5.41) is 0. The van der Waals surface area contributed by atoms with Crippen molar-refractivity contribution in [1.82, 2.24) is 9.80 Å². The second kappa shape index (κ2) is 14.1. The molecule has 0 atom stereocenters. The first-order chi connectivity index (χ1) is 5.04. The molecule has 0 saturated heterocycles. The van der Waals surface area contributed by atoms with Crippen LogP contribution in [0.1, 0.15) is 13.8 Å². The summed E-state index contributed by atoms with van der Waals surface area (Å²) in [7, 11) is 8.35. The predicted molar refractivity (Wildman–Crippen MR) is 52.8 cm³/mol. The van der Waals surface area contributed by atoms with Crippen molar-refractivity contribution in [3.05, 3.63) is 6.42 Å². The first kappa shape index (κ1) is 18.3. The maximum atomic E-state index is 2.18. The van der Waals surface area contributed by atoms with E-state index in [0.717, 1.165) is 13.1 Å². The standard InChI is InChI=1S/C6H16N2.C3H7.Li/c1-7(2)5-6-8(3)4;1-3-2;/h5-6H2,1-4H3;3H,1-2H3;/q;-1;+1. The van der Waals surface area contributed by atoms with Crippen LogP contribution in [0.5, 0.6) is 0 Å². The quantitative estimate of drug-likeness (QED) is 0.366. The second-order valence-electron chi connectivity index (χ2n) is 3.18. The molecule has 0 radical (unpaired) electrons. The van der Waals surface area contributed by atoms with Gasteiger partial charge in [0.15, 0.2) is 0 Å². The molecule has 0 aromatic carbocycles. The fraction of sp³-hybridized carbons (Fsp3) is 0.889. The zero-order valence-electron chi connectivity index (χ0n) is 9.89. The molecule has 0 aliphatic carbocycles. The molecule has 0 heterocycles. The van der Waals surface area contributed by atoms with E-state index in [-0.39, 0.29) is 18.9 Å². The van der Waals surface area contributed by atoms with E-state index in [9.17, 15) is 0 Å². The Morgan fingerprint density at radius 3 is 1.08 bits per heavy atom. The average Bonchev–Trinajstić information content (AvgIpc) is 1.85. The van der Waals surface area contributed by atoms with E-state index in [4.69, 9.17) is 0 Å². The third-order valence-electron chi connectivity index (χ3n) is 0.994. The van der Waals surface area contributed by atoms with Gasteiger partial charge in [0.25, 0.3) is 0 Å². The Hall–Kier alpha value is 0.517. The summed E-state index contributed by atoms with van der Waals surface area (Å²) in [5.74, 6) is 0. The normalized spacial score (nSPS) is 9.00. The van der Waals surface area contributed by atoms with Gasteiger partial charge in [-0.05, 0) is 28.2 Å². The van der Waals surface area contributed by atoms with Crippen LogP contribution in [0.15, 0.2) is 0 Å². The fourth-order valence-electron chi connectivity index (χ4n) is 0.400. The maximum Gasteiger partial charge on any atom is 1.00 e. The van der Waals surface area contributed by atoms with Crippen molar-refractivity contribution >= 4 is 0 Å². The Morgan fingerprint density at radius 1 is 0.833 bits per heavy atom. The van der Waals surface area contributed by atoms with Crippen LogP contribution in [0.4, 0.5) is 0 Å². The van der Waals surface area contributed by atoms with Crippen LogP contribution < -0.4 is 18.9 Å². The first-order valence-electron chi connectivity index (χ1n) is 4.08. The molecule has 0 N–H and O–H groups in total. The summed E-state index contributed by atoms with van der Waals surface area (Å²) in [5.41, 5.74) is 0. The fourth-order valence-corrected chi connectivity index (χ4v) is 0.400. The smallest absolute Gasteiger partial charge is 0.335 e. The Balaban J connectivity index is -0.000000177. The summed E-state index contributed by atoms with van der Waals surface area (Å²) in [4.78, 5) is 4.36. The molecule has 70 valence electrons. The van der Waals surface area contributed by atoms with Gasteiger partial charge in [-0.3, -0.25) is 0 Å². The van der Waals surface area contributed by atoms with Crippen LogP contribution >= 0.6 is 0 Å². The number of nitrogens with zero attached hydrogens (tertiary/aromatic N) is 2. The minimum Gasteiger partial charge on any atom is -0.335 e. The zero-order chi connectivity index (χ0) is 9.28. The van der Waals surface area contributed by atoms with E-state index in [0.29, 0.717) is 0 Å². The predicted octanol–water partition coefficient (Wildman–Crippen LogP) is -1.66. The van der Waals surface area contributed by atoms with Crippen LogP contribution in [-0.2, 0) is 0 Å². The summed E-state index contributed by atoms with van der Waals surface area (Å²) in [6.07, 6.45) is 2.00. The molecule has 0 rings (SSSR count). The molecule has 0 aliphatic rings. The Bertz CT molecular complexity index is 57.5. The number of likely N-dealkylation sites (N-methyl/N-ethyl adjacent to an activating group) is 2. The third kappa shape index (κ3) is 31.3. The summed E-state index contributed by atoms with van der Waals surface area (Å²) >= 11 is 0. The Labute approximate surface area is 90.5 Å². The summed E-state index contributed by atoms with van der Waals surface area (Å²) < 4.78 is 0. The van der Waals surface area contributed by atoms with Gasteiger partial charge in [-0.25, -0.2) is 0 Å². The van der Waals surface area contributed by atoms with Gasteiger partial charge < -0.3 is 16.2 Å². The van der Waals surface area contributed by atoms with Gasteiger partial charge in [0, 0.05) is 13.1 Å². The molecule has 0 fully saturated rings. The van der Waals surface area contributed by atoms with E-state index in [1.165, 1.54) is 0 Å². The number of hydrogen-bond donors (Lipinski definition) is 0. The first-order valence-corrected chi connectivity index (χ1v) is 4.08. The van der Waals surface area contributed by atoms with Crippen LogP contribution in [0.3, 0.4) is 0 Å². The van der Waals surface area contributed by atoms with Gasteiger partial charge in [0.2, 0.25) is 0 Å². The number of rotatable bonds is 3. The van der Waals surface area contributed by atoms with Crippen molar-refractivity contribution in [3.8, 4) is 0 Å². The van der Waals surface area contributed by atoms with E-state index < -0.39 is 0 Å². The molecule has 0 saturated carbocycles.